The van der Waals surface area contributed by atoms with Gasteiger partial charge in [0.15, 0.2) is 0 Å². The summed E-state index contributed by atoms with van der Waals surface area (Å²) in [6, 6.07) is 43.9. The van der Waals surface area contributed by atoms with Crippen LogP contribution in [0.1, 0.15) is 163 Å². The molecule has 7 aromatic rings. The highest BCUT2D eigenvalue weighted by atomic mass is 32.1. The Balaban J connectivity index is 1.32. The van der Waals surface area contributed by atoms with Crippen LogP contribution in [-0.2, 0) is 32.5 Å². The fraction of sp³-hybridized carbons (Fsp3) is 0.397. The third-order valence-electron chi connectivity index (χ3n) is 15.8. The summed E-state index contributed by atoms with van der Waals surface area (Å²) in [4.78, 5) is 5.31. The van der Waals surface area contributed by atoms with E-state index in [-0.39, 0.29) is 39.2 Å². The minimum absolute atomic E-state index is 0.0160. The number of aryl methyl sites for hydroxylation is 1. The standard InChI is InChI=1S/C63H73BN2S/c1-38-32-52-55-53(33-38)66(50-28-24-42(60(8,9)10)34-45(50)39-18-20-40(21-19-39)58(2,3)4)51-29-25-43(61(11,12)13)35-49(51)64(55)57-56(65(52)44-26-22-41(23-27-44)59(5,6)7)46-36-47-48(37-54(46)67-57)63(16,17)31-30-62(47,14)15/h18-29,32-37H,30-31H2,1-17H3. The molecule has 67 heavy (non-hydrogen) atoms. The lowest BCUT2D eigenvalue weighted by Crippen LogP contribution is -2.60. The molecule has 0 unspecified atom stereocenters. The molecule has 3 heterocycles. The lowest BCUT2D eigenvalue weighted by Gasteiger charge is -2.44. The van der Waals surface area contributed by atoms with Crippen molar-refractivity contribution in [2.24, 2.45) is 0 Å². The van der Waals surface area contributed by atoms with Gasteiger partial charge in [0.25, 0.3) is 6.71 Å². The molecule has 1 aromatic heterocycles. The van der Waals surface area contributed by atoms with Crippen molar-refractivity contribution in [3.8, 4) is 11.1 Å². The zero-order chi connectivity index (χ0) is 48.1. The van der Waals surface area contributed by atoms with Crippen molar-refractivity contribution in [2.45, 2.75) is 163 Å². The van der Waals surface area contributed by atoms with Gasteiger partial charge in [-0.05, 0) is 162 Å². The van der Waals surface area contributed by atoms with Gasteiger partial charge in [-0.15, -0.1) is 11.3 Å². The summed E-state index contributed by atoms with van der Waals surface area (Å²) in [5.74, 6) is 0. The molecular weight excluding hydrogens is 828 g/mol. The molecule has 3 aliphatic rings. The molecule has 2 nitrogen and oxygen atoms in total. The summed E-state index contributed by atoms with van der Waals surface area (Å²) in [7, 11) is 0. The van der Waals surface area contributed by atoms with Crippen molar-refractivity contribution in [2.75, 3.05) is 9.80 Å². The molecule has 0 radical (unpaired) electrons. The van der Waals surface area contributed by atoms with E-state index in [9.17, 15) is 0 Å². The van der Waals surface area contributed by atoms with Crippen LogP contribution >= 0.6 is 11.3 Å². The monoisotopic (exact) mass is 901 g/mol. The molecule has 4 heteroatoms. The third kappa shape index (κ3) is 7.51. The number of hydrogen-bond donors (Lipinski definition) is 0. The fourth-order valence-electron chi connectivity index (χ4n) is 11.4. The first-order valence-electron chi connectivity index (χ1n) is 25.0. The second-order valence-corrected chi connectivity index (χ2v) is 27.0. The van der Waals surface area contributed by atoms with Crippen molar-refractivity contribution in [3.63, 3.8) is 0 Å². The van der Waals surface area contributed by atoms with Crippen LogP contribution in [0.3, 0.4) is 0 Å². The van der Waals surface area contributed by atoms with Crippen LogP contribution in [0, 0.1) is 6.92 Å². The molecule has 0 fully saturated rings. The van der Waals surface area contributed by atoms with Gasteiger partial charge in [0.05, 0.1) is 11.4 Å². The predicted molar refractivity (Wildman–Crippen MR) is 296 cm³/mol. The zero-order valence-corrected chi connectivity index (χ0v) is 44.5. The number of hydrogen-bond acceptors (Lipinski definition) is 3. The SMILES string of the molecule is Cc1cc2c3c(c1)N(c1ccc(C(C)(C)C)cc1)c1c(sc4cc5c(cc14)C(C)(C)CCC5(C)C)B3c1cc(C(C)(C)C)ccc1N2c1ccc(C(C)(C)C)cc1-c1ccc(C(C)(C)C)cc1. The van der Waals surface area contributed by atoms with E-state index in [4.69, 9.17) is 0 Å². The van der Waals surface area contributed by atoms with E-state index in [1.807, 2.05) is 11.3 Å². The molecule has 10 rings (SSSR count). The quantitative estimate of drug-likeness (QED) is 0.163. The molecule has 344 valence electrons. The third-order valence-corrected chi connectivity index (χ3v) is 17.0. The van der Waals surface area contributed by atoms with E-state index in [1.54, 1.807) is 0 Å². The van der Waals surface area contributed by atoms with Crippen LogP contribution in [0.4, 0.5) is 34.1 Å². The van der Waals surface area contributed by atoms with Crippen LogP contribution in [0.5, 0.6) is 0 Å². The van der Waals surface area contributed by atoms with Crippen molar-refractivity contribution in [1.82, 2.24) is 0 Å². The van der Waals surface area contributed by atoms with Crippen molar-refractivity contribution in [1.29, 1.82) is 0 Å². The maximum atomic E-state index is 2.67. The molecule has 0 N–H and O–H groups in total. The minimum Gasteiger partial charge on any atom is -0.311 e. The van der Waals surface area contributed by atoms with Gasteiger partial charge in [0.1, 0.15) is 0 Å². The highest BCUT2D eigenvalue weighted by Crippen LogP contribution is 2.53. The molecule has 0 atom stereocenters. The zero-order valence-electron chi connectivity index (χ0n) is 43.7. The van der Waals surface area contributed by atoms with E-state index in [0.717, 1.165) is 0 Å². The van der Waals surface area contributed by atoms with Crippen LogP contribution in [-0.4, -0.2) is 6.71 Å². The van der Waals surface area contributed by atoms with E-state index >= 15 is 0 Å². The smallest absolute Gasteiger partial charge is 0.264 e. The summed E-state index contributed by atoms with van der Waals surface area (Å²) in [6.07, 6.45) is 2.39. The minimum atomic E-state index is -0.0285. The number of fused-ring (bicyclic) bond motifs is 7. The number of thiophene rings is 1. The Morgan fingerprint density at radius 3 is 1.52 bits per heavy atom. The van der Waals surface area contributed by atoms with E-state index < -0.39 is 0 Å². The van der Waals surface area contributed by atoms with Gasteiger partial charge in [-0.2, -0.15) is 0 Å². The maximum Gasteiger partial charge on any atom is 0.264 e. The molecule has 0 amide bonds. The molecule has 6 aromatic carbocycles. The second-order valence-electron chi connectivity index (χ2n) is 25.9. The molecule has 0 bridgehead atoms. The average molecular weight is 901 g/mol. The summed E-state index contributed by atoms with van der Waals surface area (Å²) < 4.78 is 2.84. The normalized spacial score (nSPS) is 16.5. The number of benzene rings is 6. The van der Waals surface area contributed by atoms with Gasteiger partial charge in [-0.3, -0.25) is 0 Å². The molecule has 0 saturated carbocycles. The highest BCUT2D eigenvalue weighted by Gasteiger charge is 2.47. The number of rotatable bonds is 3. The predicted octanol–water partition coefficient (Wildman–Crippen LogP) is 16.5. The van der Waals surface area contributed by atoms with Gasteiger partial charge >= 0.3 is 0 Å². The second kappa shape index (κ2) is 15.0. The first-order valence-corrected chi connectivity index (χ1v) is 25.8. The van der Waals surface area contributed by atoms with Gasteiger partial charge < -0.3 is 9.80 Å². The first kappa shape index (κ1) is 45.7. The van der Waals surface area contributed by atoms with E-state index in [2.05, 4.69) is 237 Å². The maximum absolute atomic E-state index is 2.67. The molecule has 0 spiro atoms. The summed E-state index contributed by atoms with van der Waals surface area (Å²) in [5.41, 5.74) is 22.9. The number of anilines is 6. The summed E-state index contributed by atoms with van der Waals surface area (Å²) >= 11 is 2.04. The van der Waals surface area contributed by atoms with E-state index in [0.29, 0.717) is 0 Å². The lowest BCUT2D eigenvalue weighted by molar-refractivity contribution is 0.332. The molecule has 2 aliphatic heterocycles. The van der Waals surface area contributed by atoms with Gasteiger partial charge in [0, 0.05) is 43.2 Å². The lowest BCUT2D eigenvalue weighted by atomic mass is 9.36. The largest absolute Gasteiger partial charge is 0.311 e. The Labute approximate surface area is 407 Å². The van der Waals surface area contributed by atoms with Crippen molar-refractivity contribution < 1.29 is 0 Å². The summed E-state index contributed by atoms with van der Waals surface area (Å²) in [5, 5.41) is 1.38. The fourth-order valence-corrected chi connectivity index (χ4v) is 12.7. The topological polar surface area (TPSA) is 6.48 Å². The van der Waals surface area contributed by atoms with Crippen molar-refractivity contribution in [3.05, 3.63) is 148 Å². The van der Waals surface area contributed by atoms with Crippen LogP contribution < -0.4 is 25.5 Å². The van der Waals surface area contributed by atoms with Gasteiger partial charge in [0.2, 0.25) is 0 Å². The van der Waals surface area contributed by atoms with Crippen LogP contribution in [0.2, 0.25) is 0 Å². The molecular formula is C63H73BN2S. The van der Waals surface area contributed by atoms with Crippen molar-refractivity contribution >= 4 is 78.0 Å². The Bertz CT molecular complexity index is 3110. The first-order chi connectivity index (χ1) is 31.1. The van der Waals surface area contributed by atoms with Crippen LogP contribution in [0.25, 0.3) is 21.2 Å². The van der Waals surface area contributed by atoms with Gasteiger partial charge in [-0.1, -0.05) is 165 Å². The van der Waals surface area contributed by atoms with Crippen LogP contribution in [0.15, 0.2) is 109 Å². The average Bonchev–Trinajstić information content (AvgIpc) is 3.61. The molecule has 0 saturated heterocycles. The van der Waals surface area contributed by atoms with Gasteiger partial charge in [-0.25, -0.2) is 0 Å². The summed E-state index contributed by atoms with van der Waals surface area (Å²) in [6.45, 7) is 40.2. The molecule has 1 aliphatic carbocycles. The Hall–Kier alpha value is -5.06. The number of nitrogens with zero attached hydrogens (tertiary/aromatic N) is 2. The highest BCUT2D eigenvalue weighted by molar-refractivity contribution is 7.33. The Kier molecular flexibility index (Phi) is 10.2. The van der Waals surface area contributed by atoms with E-state index in [1.165, 1.54) is 123 Å². The Morgan fingerprint density at radius 1 is 0.493 bits per heavy atom. The Morgan fingerprint density at radius 2 is 0.970 bits per heavy atom.